The lowest BCUT2D eigenvalue weighted by molar-refractivity contribution is -0.142. The number of carbonyl (C=O) groups is 1. The van der Waals surface area contributed by atoms with Crippen LogP contribution in [-0.2, 0) is 4.79 Å². The maximum absolute atomic E-state index is 13.4. The van der Waals surface area contributed by atoms with Gasteiger partial charge in [0.2, 0.25) is 5.91 Å². The summed E-state index contributed by atoms with van der Waals surface area (Å²) in [6.07, 6.45) is -6.07. The molecule has 0 radical (unpaired) electrons. The lowest BCUT2D eigenvalue weighted by atomic mass is 10.0. The van der Waals surface area contributed by atoms with Crippen LogP contribution in [0.25, 0.3) is 0 Å². The Morgan fingerprint density at radius 2 is 1.94 bits per heavy atom. The number of halogens is 5. The van der Waals surface area contributed by atoms with Gasteiger partial charge in [0.1, 0.15) is 11.6 Å². The Balaban J connectivity index is 3.08. The van der Waals surface area contributed by atoms with Crippen LogP contribution in [0.15, 0.2) is 18.2 Å². The molecule has 1 N–H and O–H groups in total. The molecule has 0 aliphatic heterocycles. The number of rotatable bonds is 3. The molecular formula is C11H10F5NO. The quantitative estimate of drug-likeness (QED) is 0.838. The van der Waals surface area contributed by atoms with E-state index < -0.39 is 41.7 Å². The molecule has 0 aromatic heterocycles. The molecule has 0 saturated heterocycles. The van der Waals surface area contributed by atoms with Crippen molar-refractivity contribution in [2.24, 2.45) is 0 Å². The molecule has 1 amide bonds. The first-order chi connectivity index (χ1) is 8.19. The molecule has 0 bridgehead atoms. The Labute approximate surface area is 99.8 Å². The Bertz CT molecular complexity index is 444. The molecule has 1 aromatic carbocycles. The second-order valence-corrected chi connectivity index (χ2v) is 3.74. The van der Waals surface area contributed by atoms with Gasteiger partial charge in [-0.3, -0.25) is 4.79 Å². The third kappa shape index (κ3) is 4.31. The summed E-state index contributed by atoms with van der Waals surface area (Å²) in [5.41, 5.74) is -0.525. The normalized spacial score (nSPS) is 13.2. The molecule has 18 heavy (non-hydrogen) atoms. The van der Waals surface area contributed by atoms with Gasteiger partial charge in [0.25, 0.3) is 0 Å². The van der Waals surface area contributed by atoms with Crippen molar-refractivity contribution in [2.75, 3.05) is 0 Å². The highest BCUT2D eigenvalue weighted by molar-refractivity contribution is 5.73. The number of nitrogens with one attached hydrogen (secondary N) is 1. The van der Waals surface area contributed by atoms with E-state index in [0.29, 0.717) is 6.07 Å². The van der Waals surface area contributed by atoms with E-state index in [-0.39, 0.29) is 0 Å². The van der Waals surface area contributed by atoms with Crippen LogP contribution in [-0.4, -0.2) is 12.1 Å². The molecule has 0 aliphatic carbocycles. The first-order valence-corrected chi connectivity index (χ1v) is 4.98. The summed E-state index contributed by atoms with van der Waals surface area (Å²) >= 11 is 0. The Morgan fingerprint density at radius 1 is 1.33 bits per heavy atom. The monoisotopic (exact) mass is 267 g/mol. The van der Waals surface area contributed by atoms with Gasteiger partial charge in [-0.2, -0.15) is 13.2 Å². The van der Waals surface area contributed by atoms with Gasteiger partial charge in [0.15, 0.2) is 0 Å². The van der Waals surface area contributed by atoms with E-state index in [9.17, 15) is 26.7 Å². The summed E-state index contributed by atoms with van der Waals surface area (Å²) < 4.78 is 63.2. The van der Waals surface area contributed by atoms with E-state index in [4.69, 9.17) is 0 Å². The highest BCUT2D eigenvalue weighted by Gasteiger charge is 2.34. The largest absolute Gasteiger partial charge is 0.391 e. The smallest absolute Gasteiger partial charge is 0.349 e. The van der Waals surface area contributed by atoms with E-state index in [0.717, 1.165) is 19.1 Å². The van der Waals surface area contributed by atoms with Crippen molar-refractivity contribution < 1.29 is 26.7 Å². The zero-order valence-corrected chi connectivity index (χ0v) is 9.31. The summed E-state index contributed by atoms with van der Waals surface area (Å²) in [6.45, 7) is 1.00. The standard InChI is InChI=1S/C11H10F5NO/c1-6(18)17-10(5-11(14,15)16)8-4-7(12)2-3-9(8)13/h2-4,10H,5H2,1H3,(H,17,18). The molecule has 0 spiro atoms. The van der Waals surface area contributed by atoms with Crippen LogP contribution in [0.3, 0.4) is 0 Å². The van der Waals surface area contributed by atoms with E-state index in [2.05, 4.69) is 0 Å². The van der Waals surface area contributed by atoms with Crippen LogP contribution >= 0.6 is 0 Å². The Kier molecular flexibility index (Phi) is 4.26. The molecule has 1 unspecified atom stereocenters. The van der Waals surface area contributed by atoms with Gasteiger partial charge in [-0.05, 0) is 18.2 Å². The lowest BCUT2D eigenvalue weighted by Gasteiger charge is -2.20. The summed E-state index contributed by atoms with van der Waals surface area (Å²) in [5, 5.41) is 1.96. The summed E-state index contributed by atoms with van der Waals surface area (Å²) in [4.78, 5) is 10.8. The highest BCUT2D eigenvalue weighted by Crippen LogP contribution is 2.31. The molecule has 100 valence electrons. The first-order valence-electron chi connectivity index (χ1n) is 4.98. The van der Waals surface area contributed by atoms with Gasteiger partial charge in [-0.1, -0.05) is 0 Å². The third-order valence-corrected chi connectivity index (χ3v) is 2.15. The zero-order chi connectivity index (χ0) is 13.9. The first kappa shape index (κ1) is 14.4. The average molecular weight is 267 g/mol. The second-order valence-electron chi connectivity index (χ2n) is 3.74. The fourth-order valence-corrected chi connectivity index (χ4v) is 1.50. The van der Waals surface area contributed by atoms with Crippen LogP contribution in [0.1, 0.15) is 24.9 Å². The predicted octanol–water partition coefficient (Wildman–Crippen LogP) is 3.09. The molecule has 1 aromatic rings. The lowest BCUT2D eigenvalue weighted by Crippen LogP contribution is -2.30. The van der Waals surface area contributed by atoms with Crippen molar-refractivity contribution in [2.45, 2.75) is 25.6 Å². The van der Waals surface area contributed by atoms with Crippen molar-refractivity contribution in [3.05, 3.63) is 35.4 Å². The van der Waals surface area contributed by atoms with Gasteiger partial charge < -0.3 is 5.32 Å². The number of hydrogen-bond acceptors (Lipinski definition) is 1. The summed E-state index contributed by atoms with van der Waals surface area (Å²) in [5.74, 6) is -2.63. The second kappa shape index (κ2) is 5.32. The highest BCUT2D eigenvalue weighted by atomic mass is 19.4. The van der Waals surface area contributed by atoms with Crippen LogP contribution in [0.5, 0.6) is 0 Å². The van der Waals surface area contributed by atoms with E-state index in [1.807, 2.05) is 5.32 Å². The van der Waals surface area contributed by atoms with Gasteiger partial charge in [-0.25, -0.2) is 8.78 Å². The SMILES string of the molecule is CC(=O)NC(CC(F)(F)F)c1cc(F)ccc1F. The van der Waals surface area contributed by atoms with Crippen molar-refractivity contribution in [1.82, 2.24) is 5.32 Å². The molecule has 0 heterocycles. The number of hydrogen-bond donors (Lipinski definition) is 1. The summed E-state index contributed by atoms with van der Waals surface area (Å²) in [7, 11) is 0. The van der Waals surface area contributed by atoms with Crippen molar-refractivity contribution in [3.63, 3.8) is 0 Å². The summed E-state index contributed by atoms with van der Waals surface area (Å²) in [6, 6.07) is 0.507. The average Bonchev–Trinajstić information content (AvgIpc) is 2.18. The number of carbonyl (C=O) groups excluding carboxylic acids is 1. The molecule has 0 fully saturated rings. The minimum Gasteiger partial charge on any atom is -0.349 e. The van der Waals surface area contributed by atoms with Crippen molar-refractivity contribution in [3.8, 4) is 0 Å². The minimum absolute atomic E-state index is 0.525. The molecule has 7 heteroatoms. The topological polar surface area (TPSA) is 29.1 Å². The van der Waals surface area contributed by atoms with Crippen LogP contribution in [0.4, 0.5) is 22.0 Å². The van der Waals surface area contributed by atoms with E-state index >= 15 is 0 Å². The molecule has 1 atom stereocenters. The van der Waals surface area contributed by atoms with Crippen molar-refractivity contribution >= 4 is 5.91 Å². The fourth-order valence-electron chi connectivity index (χ4n) is 1.50. The third-order valence-electron chi connectivity index (χ3n) is 2.15. The van der Waals surface area contributed by atoms with Crippen LogP contribution in [0.2, 0.25) is 0 Å². The molecular weight excluding hydrogens is 257 g/mol. The van der Waals surface area contributed by atoms with Gasteiger partial charge in [0.05, 0.1) is 12.5 Å². The van der Waals surface area contributed by atoms with Crippen LogP contribution in [0, 0.1) is 11.6 Å². The van der Waals surface area contributed by atoms with Gasteiger partial charge in [-0.15, -0.1) is 0 Å². The fraction of sp³-hybridized carbons (Fsp3) is 0.364. The van der Waals surface area contributed by atoms with Crippen LogP contribution < -0.4 is 5.32 Å². The van der Waals surface area contributed by atoms with E-state index in [1.165, 1.54) is 0 Å². The zero-order valence-electron chi connectivity index (χ0n) is 9.31. The van der Waals surface area contributed by atoms with Crippen molar-refractivity contribution in [1.29, 1.82) is 0 Å². The number of alkyl halides is 3. The predicted molar refractivity (Wildman–Crippen MR) is 53.6 cm³/mol. The Morgan fingerprint density at radius 3 is 2.44 bits per heavy atom. The molecule has 1 rings (SSSR count). The Hall–Kier alpha value is -1.66. The maximum Gasteiger partial charge on any atom is 0.391 e. The number of benzene rings is 1. The number of amides is 1. The maximum atomic E-state index is 13.4. The van der Waals surface area contributed by atoms with Gasteiger partial charge in [0, 0.05) is 12.5 Å². The van der Waals surface area contributed by atoms with E-state index in [1.54, 1.807) is 0 Å². The molecule has 0 aliphatic rings. The molecule has 0 saturated carbocycles. The van der Waals surface area contributed by atoms with Gasteiger partial charge >= 0.3 is 6.18 Å². The molecule has 2 nitrogen and oxygen atoms in total. The minimum atomic E-state index is -4.61.